The van der Waals surface area contributed by atoms with Crippen LogP contribution in [0.5, 0.6) is 11.5 Å². The molecule has 3 aromatic carbocycles. The molecule has 27 heteroatoms. The van der Waals surface area contributed by atoms with E-state index in [0.717, 1.165) is 105 Å². The minimum absolute atomic E-state index is 0.0155. The molecule has 0 bridgehead atoms. The highest BCUT2D eigenvalue weighted by Crippen LogP contribution is 2.66. The molecular weight excluding hydrogens is 1170 g/mol. The molecule has 86 heavy (non-hydrogen) atoms. The van der Waals surface area contributed by atoms with E-state index in [-0.39, 0.29) is 68.3 Å². The molecule has 9 N–H and O–H groups in total. The minimum atomic E-state index is -5.79. The lowest BCUT2D eigenvalue weighted by atomic mass is 9.71. The van der Waals surface area contributed by atoms with Crippen LogP contribution in [0, 0.1) is 11.8 Å². The van der Waals surface area contributed by atoms with Crippen LogP contribution in [0.4, 0.5) is 10.6 Å². The van der Waals surface area contributed by atoms with E-state index in [9.17, 15) is 43.0 Å². The predicted octanol–water partition coefficient (Wildman–Crippen LogP) is 7.94. The molecule has 1 aliphatic heterocycles. The number of nitrogen functional groups attached to an aromatic ring is 1. The number of fused-ring (bicyclic) bond motifs is 5. The zero-order valence-electron chi connectivity index (χ0n) is 47.2. The summed E-state index contributed by atoms with van der Waals surface area (Å²) in [6.07, 6.45) is 14.1. The highest BCUT2D eigenvalue weighted by molar-refractivity contribution is 7.66. The number of anilines is 1. The third-order valence-corrected chi connectivity index (χ3v) is 19.6. The molecule has 5 atom stereocenters. The van der Waals surface area contributed by atoms with Gasteiger partial charge in [-0.1, -0.05) is 37.0 Å². The Morgan fingerprint density at radius 2 is 1.66 bits per heavy atom. The minimum Gasteiger partial charge on any atom is -0.478 e. The van der Waals surface area contributed by atoms with E-state index in [0.29, 0.717) is 28.0 Å². The van der Waals surface area contributed by atoms with Crippen LogP contribution in [-0.2, 0) is 66.7 Å². The van der Waals surface area contributed by atoms with Crippen molar-refractivity contribution in [2.24, 2.45) is 0 Å². The Labute approximate surface area is 494 Å². The highest BCUT2D eigenvalue weighted by atomic mass is 31.3. The van der Waals surface area contributed by atoms with Gasteiger partial charge in [-0.25, -0.2) is 33.3 Å². The van der Waals surface area contributed by atoms with Crippen LogP contribution in [-0.4, -0.2) is 103 Å². The van der Waals surface area contributed by atoms with Crippen LogP contribution in [0.1, 0.15) is 149 Å². The van der Waals surface area contributed by atoms with E-state index in [2.05, 4.69) is 66.4 Å². The number of aryl methyl sites for hydroxylation is 2. The van der Waals surface area contributed by atoms with Gasteiger partial charge in [0.15, 0.2) is 0 Å². The lowest BCUT2D eigenvalue weighted by Crippen LogP contribution is -2.33. The van der Waals surface area contributed by atoms with Crippen molar-refractivity contribution in [2.45, 2.75) is 115 Å². The Kier molecular flexibility index (Phi) is 19.0. The van der Waals surface area contributed by atoms with E-state index in [1.54, 1.807) is 23.8 Å². The van der Waals surface area contributed by atoms with Gasteiger partial charge in [0.25, 0.3) is 5.91 Å². The number of hydrogen-bond acceptors (Lipinski definition) is 16. The molecule has 456 valence electrons. The van der Waals surface area contributed by atoms with Crippen molar-refractivity contribution < 1.29 is 84.9 Å². The first-order valence-electron chi connectivity index (χ1n) is 28.4. The molecular formula is C59H67N6O18P3. The summed E-state index contributed by atoms with van der Waals surface area (Å²) < 4.78 is 73.8. The van der Waals surface area contributed by atoms with Crippen molar-refractivity contribution in [2.75, 3.05) is 45.3 Å². The number of rotatable bonds is 24. The second kappa shape index (κ2) is 26.3. The first kappa shape index (κ1) is 62.3. The number of carbonyl (C=O) groups is 3. The Morgan fingerprint density at radius 3 is 2.42 bits per heavy atom. The van der Waals surface area contributed by atoms with Gasteiger partial charge in [-0.3, -0.25) is 9.32 Å². The lowest BCUT2D eigenvalue weighted by molar-refractivity contribution is -0.101. The summed E-state index contributed by atoms with van der Waals surface area (Å²) in [6, 6.07) is 9.22. The largest absolute Gasteiger partial charge is 0.490 e. The number of nitrogens with zero attached hydrogens (tertiary/aromatic N) is 3. The fraction of sp³-hybridized carbons (Fsp3) is 0.407. The normalized spacial score (nSPS) is 17.8. The molecule has 2 amide bonds. The Morgan fingerprint density at radius 1 is 0.907 bits per heavy atom. The molecule has 0 saturated heterocycles. The quantitative estimate of drug-likeness (QED) is 0.0123. The van der Waals surface area contributed by atoms with Crippen molar-refractivity contribution >= 4 is 69.4 Å². The third kappa shape index (κ3) is 14.0. The van der Waals surface area contributed by atoms with E-state index in [4.69, 9.17) is 39.0 Å². The number of carboxylic acids is 1. The summed E-state index contributed by atoms with van der Waals surface area (Å²) in [4.78, 5) is 86.0. The number of hydrogen-bond donors (Lipinski definition) is 8. The summed E-state index contributed by atoms with van der Waals surface area (Å²) in [6.45, 7) is 8.04. The van der Waals surface area contributed by atoms with E-state index in [1.807, 2.05) is 0 Å². The van der Waals surface area contributed by atoms with E-state index >= 15 is 0 Å². The topological polar surface area (TPSA) is 349 Å². The molecule has 5 aliphatic rings. The number of phosphoric ester groups is 1. The molecule has 4 aliphatic carbocycles. The van der Waals surface area contributed by atoms with Gasteiger partial charge in [0.2, 0.25) is 0 Å². The van der Waals surface area contributed by atoms with Gasteiger partial charge in [0.1, 0.15) is 48.2 Å². The molecule has 10 rings (SSSR count). The van der Waals surface area contributed by atoms with Crippen molar-refractivity contribution in [3.63, 3.8) is 0 Å². The smallest absolute Gasteiger partial charge is 0.478 e. The zero-order chi connectivity index (χ0) is 61.1. The SMILES string of the molecule is C=CCOC[C@@H](COP(=O)(O)OP(=O)(O)OP(=O)(O)O)O[C@H](CC)n1cc(C#CCNC(=O)OCC(=C)CCNC(=O)c2ccc(C(=O)O)c(C3=c4cc5c6c(c4Oc4c3cc3c7c4CCCC7CCC3)CCCC=6CCC5)c2)c2c(N)ncnc21. The van der Waals surface area contributed by atoms with Gasteiger partial charge in [0, 0.05) is 40.2 Å². The summed E-state index contributed by atoms with van der Waals surface area (Å²) in [5, 5.41) is 18.9. The molecule has 0 fully saturated rings. The standard InChI is InChI=1S/C59H67N6O18P3/c1-4-25-77-31-41(32-79-85(73,74)83-86(75,76)82-84(70,71)72)80-48(5-2)65-29-40(51-55(60)63-33-64-56(51)65)17-10-23-62-59(69)78-30-34(3)22-24-61-57(66)39-20-21-42(58(67)68)45(28-39)52-46-26-37-15-6-11-35-13-8-18-43(49(35)37)53(46)81-54-44-19-9-14-36-12-7-16-38(50(36)44)27-47(52)54/h4,20-21,26-29,33,35,41,48H,1,3,5-9,11-16,18-19,22-25,30-32H2,2H3,(H,61,66)(H,62,69)(H,67,68)(H,73,74)(H,75,76)(H2,60,63,64)(H2,70,71,72)/t35?,41-,48+/m0/s1. The molecule has 24 nitrogen and oxygen atoms in total. The van der Waals surface area contributed by atoms with Gasteiger partial charge in [-0.05, 0) is 165 Å². The number of carboxylic acid groups (broad SMARTS) is 1. The average molecular weight is 1240 g/mol. The number of ether oxygens (including phenoxy) is 4. The summed E-state index contributed by atoms with van der Waals surface area (Å²) in [7, 11) is -16.9. The van der Waals surface area contributed by atoms with Crippen LogP contribution >= 0.6 is 23.5 Å². The zero-order valence-corrected chi connectivity index (χ0v) is 49.9. The number of alkyl carbamates (subject to hydrolysis) is 1. The number of aromatic nitrogens is 3. The van der Waals surface area contributed by atoms with Gasteiger partial charge in [0.05, 0.1) is 42.9 Å². The number of nitrogens with one attached hydrogen (secondary N) is 2. The number of carbonyl (C=O) groups excluding carboxylic acids is 2. The molecule has 5 aromatic rings. The summed E-state index contributed by atoms with van der Waals surface area (Å²) in [5.41, 5.74) is 17.8. The number of nitrogens with two attached hydrogens (primary N) is 1. The van der Waals surface area contributed by atoms with Gasteiger partial charge in [-0.2, -0.15) is 8.62 Å². The molecule has 0 spiro atoms. The number of amides is 2. The predicted molar refractivity (Wildman–Crippen MR) is 314 cm³/mol. The molecule has 0 radical (unpaired) electrons. The molecule has 2 aromatic heterocycles. The summed E-state index contributed by atoms with van der Waals surface area (Å²) in [5.74, 6) is 6.45. The van der Waals surface area contributed by atoms with Crippen LogP contribution in [0.2, 0.25) is 0 Å². The van der Waals surface area contributed by atoms with E-state index < -0.39 is 60.4 Å². The maximum absolute atomic E-state index is 14.0. The van der Waals surface area contributed by atoms with Crippen molar-refractivity contribution in [1.29, 1.82) is 0 Å². The number of aromatic carboxylic acids is 1. The van der Waals surface area contributed by atoms with Gasteiger partial charge < -0.3 is 64.6 Å². The van der Waals surface area contributed by atoms with Crippen LogP contribution in [0.15, 0.2) is 67.7 Å². The summed E-state index contributed by atoms with van der Waals surface area (Å²) >= 11 is 0. The van der Waals surface area contributed by atoms with Crippen molar-refractivity contribution in [3.8, 4) is 23.3 Å². The third-order valence-electron chi connectivity index (χ3n) is 15.8. The molecule has 3 heterocycles. The van der Waals surface area contributed by atoms with Crippen molar-refractivity contribution in [3.05, 3.63) is 134 Å². The fourth-order valence-corrected chi connectivity index (χ4v) is 15.4. The second-order valence-corrected chi connectivity index (χ2v) is 26.1. The van der Waals surface area contributed by atoms with Crippen molar-refractivity contribution in [1.82, 2.24) is 25.2 Å². The van der Waals surface area contributed by atoms with Crippen LogP contribution < -0.4 is 31.5 Å². The fourth-order valence-electron chi connectivity index (χ4n) is 12.4. The first-order chi connectivity index (χ1) is 41.1. The second-order valence-electron chi connectivity index (χ2n) is 21.6. The Bertz CT molecular complexity index is 3920. The van der Waals surface area contributed by atoms with Gasteiger partial charge in [-0.15, -0.1) is 6.58 Å². The highest BCUT2D eigenvalue weighted by Gasteiger charge is 2.42. The maximum atomic E-state index is 14.0. The maximum Gasteiger partial charge on any atom is 0.490 e. The Balaban J connectivity index is 0.784. The first-order valence-corrected chi connectivity index (χ1v) is 32.9. The van der Waals surface area contributed by atoms with Crippen LogP contribution in [0.25, 0.3) is 22.2 Å². The number of benzene rings is 3. The lowest BCUT2D eigenvalue weighted by Gasteiger charge is -2.36. The van der Waals surface area contributed by atoms with Crippen LogP contribution in [0.3, 0.4) is 0 Å². The Hall–Kier alpha value is -6.80. The van der Waals surface area contributed by atoms with E-state index in [1.165, 1.54) is 63.1 Å². The molecule has 0 saturated carbocycles. The van der Waals surface area contributed by atoms with Gasteiger partial charge >= 0.3 is 35.5 Å². The molecule has 3 unspecified atom stereocenters. The average Bonchev–Trinajstić information content (AvgIpc) is 0.921. The number of phosphoric acid groups is 3. The monoisotopic (exact) mass is 1240 g/mol.